The van der Waals surface area contributed by atoms with Crippen LogP contribution in [0.25, 0.3) is 0 Å². The Bertz CT molecular complexity index is 141. The Hall–Kier alpha value is -0.0800. The lowest BCUT2D eigenvalue weighted by atomic mass is 9.97. The van der Waals surface area contributed by atoms with Crippen molar-refractivity contribution in [2.24, 2.45) is 0 Å². The molecule has 1 N–H and O–H groups in total. The molecule has 2 saturated heterocycles. The predicted octanol–water partition coefficient (Wildman–Crippen LogP) is 1.43. The Morgan fingerprint density at radius 1 is 1.20 bits per heavy atom. The van der Waals surface area contributed by atoms with Crippen molar-refractivity contribution < 1.29 is 9.84 Å². The standard InChI is InChI=1S/C8H14O2/c1-7-3-2-4-8(9,10-7)6-5-7/h9H,2-6H2,1H3. The fraction of sp³-hybridized carbons (Fsp3) is 1.00. The van der Waals surface area contributed by atoms with E-state index in [1.54, 1.807) is 0 Å². The molecule has 2 bridgehead atoms. The summed E-state index contributed by atoms with van der Waals surface area (Å²) in [4.78, 5) is 0. The number of rotatable bonds is 0. The fourth-order valence-corrected chi connectivity index (χ4v) is 2.11. The SMILES string of the molecule is CC12CCCC(O)(CC1)O2. The van der Waals surface area contributed by atoms with Gasteiger partial charge in [-0.05, 0) is 26.2 Å². The van der Waals surface area contributed by atoms with Crippen LogP contribution in [0.15, 0.2) is 0 Å². The van der Waals surface area contributed by atoms with Crippen molar-refractivity contribution in [3.8, 4) is 0 Å². The van der Waals surface area contributed by atoms with Gasteiger partial charge in [-0.3, -0.25) is 0 Å². The zero-order valence-corrected chi connectivity index (χ0v) is 6.39. The smallest absolute Gasteiger partial charge is 0.166 e. The minimum atomic E-state index is -0.743. The van der Waals surface area contributed by atoms with Crippen LogP contribution in [0.4, 0.5) is 0 Å². The molecule has 2 heteroatoms. The minimum absolute atomic E-state index is 0.00694. The molecule has 2 atom stereocenters. The molecule has 2 aliphatic heterocycles. The fourth-order valence-electron chi connectivity index (χ4n) is 2.11. The molecule has 0 amide bonds. The second-order valence-electron chi connectivity index (χ2n) is 3.85. The van der Waals surface area contributed by atoms with E-state index in [9.17, 15) is 5.11 Å². The molecule has 2 rings (SSSR count). The average Bonchev–Trinajstić information content (AvgIpc) is 2.03. The summed E-state index contributed by atoms with van der Waals surface area (Å²) in [5.41, 5.74) is 0.00694. The molecule has 0 saturated carbocycles. The van der Waals surface area contributed by atoms with E-state index in [1.807, 2.05) is 0 Å². The van der Waals surface area contributed by atoms with E-state index < -0.39 is 5.79 Å². The van der Waals surface area contributed by atoms with Crippen molar-refractivity contribution in [1.82, 2.24) is 0 Å². The van der Waals surface area contributed by atoms with Gasteiger partial charge in [-0.1, -0.05) is 0 Å². The van der Waals surface area contributed by atoms with Gasteiger partial charge < -0.3 is 9.84 Å². The molecule has 2 nitrogen and oxygen atoms in total. The first-order valence-corrected chi connectivity index (χ1v) is 4.05. The lowest BCUT2D eigenvalue weighted by molar-refractivity contribution is -0.243. The van der Waals surface area contributed by atoms with Crippen LogP contribution in [0.1, 0.15) is 39.0 Å². The van der Waals surface area contributed by atoms with Gasteiger partial charge in [0, 0.05) is 12.8 Å². The second-order valence-corrected chi connectivity index (χ2v) is 3.85. The van der Waals surface area contributed by atoms with Crippen LogP contribution in [0.5, 0.6) is 0 Å². The molecular weight excluding hydrogens is 128 g/mol. The maximum atomic E-state index is 9.66. The van der Waals surface area contributed by atoms with Gasteiger partial charge in [-0.15, -0.1) is 0 Å². The topological polar surface area (TPSA) is 29.5 Å². The van der Waals surface area contributed by atoms with Crippen LogP contribution in [-0.2, 0) is 4.74 Å². The second kappa shape index (κ2) is 1.74. The van der Waals surface area contributed by atoms with Crippen LogP contribution in [0.3, 0.4) is 0 Å². The maximum Gasteiger partial charge on any atom is 0.166 e. The summed E-state index contributed by atoms with van der Waals surface area (Å²) < 4.78 is 5.53. The highest BCUT2D eigenvalue weighted by Crippen LogP contribution is 2.46. The Morgan fingerprint density at radius 3 is 2.60 bits per heavy atom. The van der Waals surface area contributed by atoms with Crippen molar-refractivity contribution >= 4 is 0 Å². The van der Waals surface area contributed by atoms with E-state index in [-0.39, 0.29) is 5.60 Å². The average molecular weight is 142 g/mol. The molecular formula is C8H14O2. The maximum absolute atomic E-state index is 9.66. The first kappa shape index (κ1) is 6.62. The van der Waals surface area contributed by atoms with Crippen molar-refractivity contribution in [1.29, 1.82) is 0 Å². The molecule has 2 fully saturated rings. The monoisotopic (exact) mass is 142 g/mol. The lowest BCUT2D eigenvalue weighted by Crippen LogP contribution is -2.37. The van der Waals surface area contributed by atoms with E-state index >= 15 is 0 Å². The highest BCUT2D eigenvalue weighted by atomic mass is 16.6. The van der Waals surface area contributed by atoms with Crippen molar-refractivity contribution in [2.75, 3.05) is 0 Å². The predicted molar refractivity (Wildman–Crippen MR) is 37.5 cm³/mol. The minimum Gasteiger partial charge on any atom is -0.365 e. The van der Waals surface area contributed by atoms with Crippen molar-refractivity contribution in [3.63, 3.8) is 0 Å². The molecule has 10 heavy (non-hydrogen) atoms. The summed E-state index contributed by atoms with van der Waals surface area (Å²) in [6, 6.07) is 0. The summed E-state index contributed by atoms with van der Waals surface area (Å²) in [6.07, 6.45) is 4.94. The summed E-state index contributed by atoms with van der Waals surface area (Å²) in [7, 11) is 0. The third-order valence-corrected chi connectivity index (χ3v) is 2.75. The first-order valence-electron chi connectivity index (χ1n) is 4.05. The van der Waals surface area contributed by atoms with E-state index in [1.165, 1.54) is 0 Å². The van der Waals surface area contributed by atoms with Gasteiger partial charge in [0.05, 0.1) is 5.60 Å². The first-order chi connectivity index (χ1) is 4.62. The molecule has 2 aliphatic rings. The lowest BCUT2D eigenvalue weighted by Gasteiger charge is -2.34. The Kier molecular flexibility index (Phi) is 1.15. The number of hydrogen-bond acceptors (Lipinski definition) is 2. The molecule has 2 heterocycles. The third kappa shape index (κ3) is 0.867. The molecule has 0 spiro atoms. The van der Waals surface area contributed by atoms with Crippen molar-refractivity contribution in [2.45, 2.75) is 50.4 Å². The summed E-state index contributed by atoms with van der Waals surface area (Å²) in [5, 5.41) is 9.66. The van der Waals surface area contributed by atoms with Gasteiger partial charge in [0.25, 0.3) is 0 Å². The molecule has 0 aliphatic carbocycles. The zero-order chi connectivity index (χ0) is 7.24. The normalized spacial score (nSPS) is 53.4. The Labute approximate surface area is 61.2 Å². The molecule has 2 unspecified atom stereocenters. The zero-order valence-electron chi connectivity index (χ0n) is 6.39. The highest BCUT2D eigenvalue weighted by molar-refractivity contribution is 4.93. The highest BCUT2D eigenvalue weighted by Gasteiger charge is 2.48. The molecule has 0 aromatic rings. The number of aliphatic hydroxyl groups is 1. The molecule has 0 radical (unpaired) electrons. The van der Waals surface area contributed by atoms with Crippen LogP contribution >= 0.6 is 0 Å². The summed E-state index contributed by atoms with van der Waals surface area (Å²) in [6.45, 7) is 2.10. The Balaban J connectivity index is 2.20. The third-order valence-electron chi connectivity index (χ3n) is 2.75. The van der Waals surface area contributed by atoms with Crippen LogP contribution in [-0.4, -0.2) is 16.5 Å². The summed E-state index contributed by atoms with van der Waals surface area (Å²) in [5.74, 6) is -0.743. The van der Waals surface area contributed by atoms with Crippen LogP contribution in [0.2, 0.25) is 0 Å². The van der Waals surface area contributed by atoms with Gasteiger partial charge in [-0.25, -0.2) is 0 Å². The van der Waals surface area contributed by atoms with Crippen molar-refractivity contribution in [3.05, 3.63) is 0 Å². The van der Waals surface area contributed by atoms with Crippen LogP contribution < -0.4 is 0 Å². The summed E-state index contributed by atoms with van der Waals surface area (Å²) >= 11 is 0. The van der Waals surface area contributed by atoms with Gasteiger partial charge >= 0.3 is 0 Å². The number of fused-ring (bicyclic) bond motifs is 2. The molecule has 0 aromatic carbocycles. The van der Waals surface area contributed by atoms with Crippen LogP contribution in [0, 0.1) is 0 Å². The molecule has 0 aromatic heterocycles. The van der Waals surface area contributed by atoms with Gasteiger partial charge in [-0.2, -0.15) is 0 Å². The van der Waals surface area contributed by atoms with E-state index in [2.05, 4.69) is 6.92 Å². The van der Waals surface area contributed by atoms with Gasteiger partial charge in [0.2, 0.25) is 0 Å². The largest absolute Gasteiger partial charge is 0.365 e. The van der Waals surface area contributed by atoms with E-state index in [0.29, 0.717) is 0 Å². The van der Waals surface area contributed by atoms with Gasteiger partial charge in [0.15, 0.2) is 5.79 Å². The van der Waals surface area contributed by atoms with E-state index in [0.717, 1.165) is 32.1 Å². The number of hydrogen-bond donors (Lipinski definition) is 1. The number of ether oxygens (including phenoxy) is 1. The molecule has 58 valence electrons. The Morgan fingerprint density at radius 2 is 2.00 bits per heavy atom. The van der Waals surface area contributed by atoms with Gasteiger partial charge in [0.1, 0.15) is 0 Å². The quantitative estimate of drug-likeness (QED) is 0.554. The van der Waals surface area contributed by atoms with E-state index in [4.69, 9.17) is 4.74 Å².